The first-order valence-electron chi connectivity index (χ1n) is 8.69. The van der Waals surface area contributed by atoms with E-state index in [1.807, 2.05) is 0 Å². The van der Waals surface area contributed by atoms with E-state index in [4.69, 9.17) is 4.98 Å². The Hall–Kier alpha value is -2.67. The van der Waals surface area contributed by atoms with Crippen molar-refractivity contribution in [3.63, 3.8) is 0 Å². The molecular weight excluding hydrogens is 348 g/mol. The van der Waals surface area contributed by atoms with Gasteiger partial charge in [0.1, 0.15) is 4.83 Å². The Morgan fingerprint density at radius 3 is 2.65 bits per heavy atom. The molecule has 26 heavy (non-hydrogen) atoms. The topological polar surface area (TPSA) is 76.0 Å². The second-order valence-corrected chi connectivity index (χ2v) is 7.56. The number of aromatic nitrogens is 2. The smallest absolute Gasteiger partial charge is 0.263 e. The molecule has 0 bridgehead atoms. The Kier molecular flexibility index (Phi) is 4.24. The number of nitrogens with one attached hydrogen (secondary N) is 2. The lowest BCUT2D eigenvalue weighted by atomic mass is 9.97. The Balaban J connectivity index is 1.72. The monoisotopic (exact) mass is 368 g/mol. The molecule has 1 aliphatic carbocycles. The lowest BCUT2D eigenvalue weighted by Crippen LogP contribution is -2.21. The van der Waals surface area contributed by atoms with Gasteiger partial charge in [-0.15, -0.1) is 11.3 Å². The molecule has 0 saturated heterocycles. The third-order valence-corrected chi connectivity index (χ3v) is 6.01. The molecule has 3 aromatic rings. The van der Waals surface area contributed by atoms with Gasteiger partial charge in [0, 0.05) is 30.2 Å². The summed E-state index contributed by atoms with van der Waals surface area (Å²) in [5, 5.41) is 6.58. The van der Waals surface area contributed by atoms with Crippen molar-refractivity contribution in [3.05, 3.63) is 50.6 Å². The standard InChI is InChI=1S/C19H20N4O2S/c1-20-16(24)11-7-9-12(10-8-11)21-19-22-17-15(18(25)23(19)2)13-5-3-4-6-14(13)26-17/h7-10H,3-6H2,1-2H3,(H,20,24)(H,21,22). The zero-order chi connectivity index (χ0) is 18.3. The highest BCUT2D eigenvalue weighted by Gasteiger charge is 2.21. The Labute approximate surface area is 154 Å². The first-order chi connectivity index (χ1) is 12.6. The van der Waals surface area contributed by atoms with Gasteiger partial charge in [-0.2, -0.15) is 0 Å². The van der Waals surface area contributed by atoms with Crippen LogP contribution in [-0.4, -0.2) is 22.5 Å². The van der Waals surface area contributed by atoms with Crippen molar-refractivity contribution >= 4 is 39.1 Å². The van der Waals surface area contributed by atoms with Gasteiger partial charge in [-0.3, -0.25) is 14.2 Å². The van der Waals surface area contributed by atoms with E-state index in [-0.39, 0.29) is 11.5 Å². The van der Waals surface area contributed by atoms with E-state index in [0.29, 0.717) is 11.5 Å². The van der Waals surface area contributed by atoms with Crippen molar-refractivity contribution in [2.24, 2.45) is 7.05 Å². The number of aryl methyl sites for hydroxylation is 2. The average Bonchev–Trinajstić information content (AvgIpc) is 3.04. The average molecular weight is 368 g/mol. The summed E-state index contributed by atoms with van der Waals surface area (Å²) in [6.45, 7) is 0. The molecule has 0 spiro atoms. The summed E-state index contributed by atoms with van der Waals surface area (Å²) in [6.07, 6.45) is 4.34. The zero-order valence-corrected chi connectivity index (χ0v) is 15.6. The van der Waals surface area contributed by atoms with Gasteiger partial charge in [-0.1, -0.05) is 0 Å². The number of nitrogens with zero attached hydrogens (tertiary/aromatic N) is 2. The van der Waals surface area contributed by atoms with Crippen molar-refractivity contribution in [2.75, 3.05) is 12.4 Å². The number of thiophene rings is 1. The first kappa shape index (κ1) is 16.8. The molecule has 0 saturated carbocycles. The van der Waals surface area contributed by atoms with Crippen LogP contribution in [0.5, 0.6) is 0 Å². The molecule has 6 nitrogen and oxygen atoms in total. The van der Waals surface area contributed by atoms with Crippen molar-refractivity contribution in [1.29, 1.82) is 0 Å². The molecule has 1 amide bonds. The predicted octanol–water partition coefficient (Wildman–Crippen LogP) is 2.98. The number of amides is 1. The third kappa shape index (κ3) is 2.78. The quantitative estimate of drug-likeness (QED) is 0.745. The maximum Gasteiger partial charge on any atom is 0.263 e. The molecule has 2 N–H and O–H groups in total. The van der Waals surface area contributed by atoms with Crippen LogP contribution in [-0.2, 0) is 19.9 Å². The third-order valence-electron chi connectivity index (χ3n) is 4.83. The van der Waals surface area contributed by atoms with Gasteiger partial charge >= 0.3 is 0 Å². The van der Waals surface area contributed by atoms with E-state index in [9.17, 15) is 9.59 Å². The van der Waals surface area contributed by atoms with Crippen LogP contribution >= 0.6 is 11.3 Å². The van der Waals surface area contributed by atoms with E-state index < -0.39 is 0 Å². The fraction of sp³-hybridized carbons (Fsp3) is 0.316. The van der Waals surface area contributed by atoms with E-state index >= 15 is 0 Å². The van der Waals surface area contributed by atoms with Crippen LogP contribution in [0, 0.1) is 0 Å². The number of benzene rings is 1. The Morgan fingerprint density at radius 1 is 1.19 bits per heavy atom. The lowest BCUT2D eigenvalue weighted by Gasteiger charge is -2.12. The second-order valence-electron chi connectivity index (χ2n) is 6.47. The van der Waals surface area contributed by atoms with Gasteiger partial charge in [0.05, 0.1) is 5.39 Å². The van der Waals surface area contributed by atoms with Crippen LogP contribution in [0.15, 0.2) is 29.1 Å². The number of hydrogen-bond donors (Lipinski definition) is 2. The second kappa shape index (κ2) is 6.57. The summed E-state index contributed by atoms with van der Waals surface area (Å²) >= 11 is 1.64. The summed E-state index contributed by atoms with van der Waals surface area (Å²) < 4.78 is 1.57. The predicted molar refractivity (Wildman–Crippen MR) is 105 cm³/mol. The van der Waals surface area contributed by atoms with Gasteiger partial charge in [-0.25, -0.2) is 4.98 Å². The van der Waals surface area contributed by atoms with Crippen molar-refractivity contribution in [1.82, 2.24) is 14.9 Å². The molecule has 1 aromatic carbocycles. The number of carbonyl (C=O) groups is 1. The van der Waals surface area contributed by atoms with E-state index in [2.05, 4.69) is 10.6 Å². The minimum atomic E-state index is -0.132. The first-order valence-corrected chi connectivity index (χ1v) is 9.50. The molecule has 2 aromatic heterocycles. The molecule has 0 radical (unpaired) electrons. The van der Waals surface area contributed by atoms with Gasteiger partial charge in [0.15, 0.2) is 0 Å². The lowest BCUT2D eigenvalue weighted by molar-refractivity contribution is 0.0963. The van der Waals surface area contributed by atoms with Crippen LogP contribution in [0.2, 0.25) is 0 Å². The SMILES string of the molecule is CNC(=O)c1ccc(Nc2nc3sc4c(c3c(=O)n2C)CCCC4)cc1. The summed E-state index contributed by atoms with van der Waals surface area (Å²) in [7, 11) is 3.34. The number of anilines is 2. The molecule has 0 atom stereocenters. The molecule has 4 rings (SSSR count). The maximum absolute atomic E-state index is 12.9. The Bertz CT molecular complexity index is 1050. The summed E-state index contributed by atoms with van der Waals surface area (Å²) in [4.78, 5) is 31.3. The molecule has 0 fully saturated rings. The van der Waals surface area contributed by atoms with Crippen molar-refractivity contribution in [3.8, 4) is 0 Å². The molecule has 2 heterocycles. The van der Waals surface area contributed by atoms with Gasteiger partial charge < -0.3 is 10.6 Å². The van der Waals surface area contributed by atoms with Gasteiger partial charge in [-0.05, 0) is 55.5 Å². The fourth-order valence-corrected chi connectivity index (χ4v) is 4.63. The number of carbonyl (C=O) groups excluding carboxylic acids is 1. The van der Waals surface area contributed by atoms with Crippen LogP contribution in [0.1, 0.15) is 33.6 Å². The normalized spacial score (nSPS) is 13.5. The highest BCUT2D eigenvalue weighted by atomic mass is 32.1. The van der Waals surface area contributed by atoms with Crippen molar-refractivity contribution in [2.45, 2.75) is 25.7 Å². The molecular formula is C19H20N4O2S. The highest BCUT2D eigenvalue weighted by Crippen LogP contribution is 2.34. The van der Waals surface area contributed by atoms with Crippen LogP contribution < -0.4 is 16.2 Å². The van der Waals surface area contributed by atoms with Crippen LogP contribution in [0.3, 0.4) is 0 Å². The minimum absolute atomic E-state index is 0.00104. The number of fused-ring (bicyclic) bond motifs is 3. The summed E-state index contributed by atoms with van der Waals surface area (Å²) in [5.74, 6) is 0.376. The highest BCUT2D eigenvalue weighted by molar-refractivity contribution is 7.18. The van der Waals surface area contributed by atoms with E-state index in [1.165, 1.54) is 16.9 Å². The molecule has 134 valence electrons. The van der Waals surface area contributed by atoms with Crippen molar-refractivity contribution < 1.29 is 4.79 Å². The van der Waals surface area contributed by atoms with E-state index in [1.54, 1.807) is 54.3 Å². The molecule has 0 unspecified atom stereocenters. The van der Waals surface area contributed by atoms with Gasteiger partial charge in [0.2, 0.25) is 5.95 Å². The summed E-state index contributed by atoms with van der Waals surface area (Å²) in [6, 6.07) is 7.09. The fourth-order valence-electron chi connectivity index (χ4n) is 3.38. The largest absolute Gasteiger partial charge is 0.355 e. The van der Waals surface area contributed by atoms with Crippen LogP contribution in [0.4, 0.5) is 11.6 Å². The number of hydrogen-bond acceptors (Lipinski definition) is 5. The summed E-state index contributed by atoms with van der Waals surface area (Å²) in [5.41, 5.74) is 2.56. The Morgan fingerprint density at radius 2 is 1.92 bits per heavy atom. The van der Waals surface area contributed by atoms with Crippen LogP contribution in [0.25, 0.3) is 10.2 Å². The zero-order valence-electron chi connectivity index (χ0n) is 14.8. The minimum Gasteiger partial charge on any atom is -0.355 e. The number of rotatable bonds is 3. The maximum atomic E-state index is 12.9. The molecule has 7 heteroatoms. The molecule has 0 aliphatic heterocycles. The van der Waals surface area contributed by atoms with E-state index in [0.717, 1.165) is 35.2 Å². The molecule has 1 aliphatic rings. The van der Waals surface area contributed by atoms with Gasteiger partial charge in [0.25, 0.3) is 11.5 Å².